The van der Waals surface area contributed by atoms with Crippen molar-refractivity contribution in [3.05, 3.63) is 29.8 Å². The molecule has 1 saturated heterocycles. The van der Waals surface area contributed by atoms with Gasteiger partial charge in [0.1, 0.15) is 0 Å². The van der Waals surface area contributed by atoms with Gasteiger partial charge in [0.25, 0.3) is 0 Å². The molecule has 1 aliphatic rings. The number of likely N-dealkylation sites (tertiary alicyclic amines) is 1. The zero-order chi connectivity index (χ0) is 22.1. The van der Waals surface area contributed by atoms with Gasteiger partial charge in [0.2, 0.25) is 10.0 Å². The molecule has 2 N–H and O–H groups in total. The number of rotatable bonds is 9. The summed E-state index contributed by atoms with van der Waals surface area (Å²) < 4.78 is 26.6. The van der Waals surface area contributed by atoms with E-state index in [1.807, 2.05) is 26.0 Å². The maximum absolute atomic E-state index is 12.6. The summed E-state index contributed by atoms with van der Waals surface area (Å²) in [6, 6.07) is 7.39. The Morgan fingerprint density at radius 1 is 1.19 bits per heavy atom. The lowest BCUT2D eigenvalue weighted by atomic mass is 10.1. The van der Waals surface area contributed by atoms with Crippen LogP contribution in [0.4, 0.5) is 0 Å². The van der Waals surface area contributed by atoms with Crippen LogP contribution in [0.5, 0.6) is 0 Å². The summed E-state index contributed by atoms with van der Waals surface area (Å²) in [6.45, 7) is 12.8. The van der Waals surface area contributed by atoms with E-state index in [0.29, 0.717) is 17.5 Å². The summed E-state index contributed by atoms with van der Waals surface area (Å²) in [5.74, 6) is 0.822. The summed E-state index contributed by atoms with van der Waals surface area (Å²) >= 11 is 0. The number of aliphatic imine (C=N–C) groups is 1. The van der Waals surface area contributed by atoms with Gasteiger partial charge in [-0.1, -0.05) is 19.1 Å². The Hall–Kier alpha value is -0.910. The third-order valence-electron chi connectivity index (χ3n) is 5.56. The molecule has 0 aromatic heterocycles. The van der Waals surface area contributed by atoms with Crippen LogP contribution in [0, 0.1) is 0 Å². The number of nitrogens with zero attached hydrogens (tertiary/aromatic N) is 3. The first kappa shape index (κ1) is 28.1. The lowest BCUT2D eigenvalue weighted by molar-refractivity contribution is 0.206. The van der Waals surface area contributed by atoms with Crippen molar-refractivity contribution in [2.45, 2.75) is 70.5 Å². The van der Waals surface area contributed by atoms with Crippen LogP contribution in [0.2, 0.25) is 0 Å². The molecule has 178 valence electrons. The monoisotopic (exact) mass is 565 g/mol. The fourth-order valence-electron chi connectivity index (χ4n) is 3.51. The largest absolute Gasteiger partial charge is 0.357 e. The quantitative estimate of drug-likeness (QED) is 0.273. The lowest BCUT2D eigenvalue weighted by Gasteiger charge is -2.32. The Bertz CT molecular complexity index is 776. The minimum absolute atomic E-state index is 0. The summed E-state index contributed by atoms with van der Waals surface area (Å²) in [5, 5.41) is 6.88. The molecule has 0 unspecified atom stereocenters. The van der Waals surface area contributed by atoms with Crippen LogP contribution in [0.3, 0.4) is 0 Å². The second-order valence-corrected chi connectivity index (χ2v) is 10.2. The Morgan fingerprint density at radius 2 is 1.81 bits per heavy atom. The van der Waals surface area contributed by atoms with Crippen molar-refractivity contribution in [2.24, 2.45) is 4.99 Å². The number of benzene rings is 1. The van der Waals surface area contributed by atoms with E-state index < -0.39 is 10.0 Å². The van der Waals surface area contributed by atoms with E-state index in [2.05, 4.69) is 29.4 Å². The molecule has 0 atom stereocenters. The van der Waals surface area contributed by atoms with Gasteiger partial charge in [0.15, 0.2) is 5.96 Å². The number of hydrogen-bond acceptors (Lipinski definition) is 4. The molecule has 7 nitrogen and oxygen atoms in total. The van der Waals surface area contributed by atoms with Gasteiger partial charge in [-0.05, 0) is 64.3 Å². The number of sulfonamides is 1. The van der Waals surface area contributed by atoms with Crippen molar-refractivity contribution in [2.75, 3.05) is 33.2 Å². The van der Waals surface area contributed by atoms with Crippen molar-refractivity contribution in [3.63, 3.8) is 0 Å². The van der Waals surface area contributed by atoms with Crippen LogP contribution in [0.1, 0.15) is 52.5 Å². The van der Waals surface area contributed by atoms with Crippen LogP contribution in [-0.4, -0.2) is 68.9 Å². The highest BCUT2D eigenvalue weighted by Crippen LogP contribution is 2.17. The van der Waals surface area contributed by atoms with Crippen LogP contribution >= 0.6 is 24.0 Å². The molecule has 31 heavy (non-hydrogen) atoms. The third-order valence-corrected chi connectivity index (χ3v) is 7.61. The molecule has 0 amide bonds. The Balaban J connectivity index is 0.00000480. The molecule has 9 heteroatoms. The van der Waals surface area contributed by atoms with Gasteiger partial charge in [-0.3, -0.25) is 0 Å². The molecular formula is C22H40IN5O2S. The molecule has 1 fully saturated rings. The molecule has 1 aliphatic heterocycles. The first-order valence-corrected chi connectivity index (χ1v) is 12.6. The number of hydrogen-bond donors (Lipinski definition) is 2. The Labute approximate surface area is 206 Å². The summed E-state index contributed by atoms with van der Waals surface area (Å²) in [5.41, 5.74) is 0.983. The van der Waals surface area contributed by atoms with Gasteiger partial charge in [-0.15, -0.1) is 24.0 Å². The minimum Gasteiger partial charge on any atom is -0.357 e. The first-order chi connectivity index (χ1) is 14.3. The molecule has 0 aliphatic carbocycles. The van der Waals surface area contributed by atoms with E-state index in [1.54, 1.807) is 19.2 Å². The smallest absolute Gasteiger partial charge is 0.243 e. The van der Waals surface area contributed by atoms with Gasteiger partial charge >= 0.3 is 0 Å². The average molecular weight is 566 g/mol. The normalized spacial score (nSPS) is 16.4. The molecule has 0 spiro atoms. The number of nitrogens with one attached hydrogen (secondary N) is 2. The minimum atomic E-state index is -3.45. The molecular weight excluding hydrogens is 525 g/mol. The van der Waals surface area contributed by atoms with Crippen molar-refractivity contribution in [1.29, 1.82) is 0 Å². The predicted octanol–water partition coefficient (Wildman–Crippen LogP) is 3.26. The van der Waals surface area contributed by atoms with Crippen molar-refractivity contribution in [3.8, 4) is 0 Å². The molecule has 2 rings (SSSR count). The standard InChI is InChI=1S/C22H39N5O2S.HI/c1-6-14-27-15-12-20(13-16-27)25-22(23-7-2)24-17-19-8-10-21(11-9-19)30(28,29)26(5)18(3)4;/h8-11,18,20H,6-7,12-17H2,1-5H3,(H2,23,24,25);1H. The van der Waals surface area contributed by atoms with E-state index in [0.717, 1.165) is 44.0 Å². The lowest BCUT2D eigenvalue weighted by Crippen LogP contribution is -2.48. The van der Waals surface area contributed by atoms with Crippen molar-refractivity contribution < 1.29 is 8.42 Å². The van der Waals surface area contributed by atoms with Crippen LogP contribution in [0.25, 0.3) is 0 Å². The van der Waals surface area contributed by atoms with E-state index >= 15 is 0 Å². The van der Waals surface area contributed by atoms with Gasteiger partial charge in [-0.25, -0.2) is 13.4 Å². The molecule has 1 aromatic rings. The van der Waals surface area contributed by atoms with Crippen molar-refractivity contribution >= 4 is 40.0 Å². The zero-order valence-electron chi connectivity index (χ0n) is 19.6. The van der Waals surface area contributed by atoms with E-state index in [4.69, 9.17) is 4.99 Å². The molecule has 1 aromatic carbocycles. The molecule has 0 bridgehead atoms. The molecule has 0 radical (unpaired) electrons. The van der Waals surface area contributed by atoms with Crippen LogP contribution in [0.15, 0.2) is 34.2 Å². The van der Waals surface area contributed by atoms with Crippen LogP contribution in [-0.2, 0) is 16.6 Å². The molecule has 1 heterocycles. The number of piperidine rings is 1. The highest BCUT2D eigenvalue weighted by atomic mass is 127. The fourth-order valence-corrected chi connectivity index (χ4v) is 4.88. The topological polar surface area (TPSA) is 77.0 Å². The molecule has 0 saturated carbocycles. The van der Waals surface area contributed by atoms with E-state index in [1.165, 1.54) is 17.3 Å². The van der Waals surface area contributed by atoms with E-state index in [9.17, 15) is 8.42 Å². The third kappa shape index (κ3) is 8.51. The van der Waals surface area contributed by atoms with E-state index in [-0.39, 0.29) is 30.0 Å². The predicted molar refractivity (Wildman–Crippen MR) is 140 cm³/mol. The first-order valence-electron chi connectivity index (χ1n) is 11.1. The van der Waals surface area contributed by atoms with Gasteiger partial charge in [0.05, 0.1) is 11.4 Å². The Kier molecular flexibility index (Phi) is 12.3. The number of guanidine groups is 1. The second-order valence-electron chi connectivity index (χ2n) is 8.21. The summed E-state index contributed by atoms with van der Waals surface area (Å²) in [4.78, 5) is 7.55. The SMILES string of the molecule is CCCN1CCC(NC(=NCc2ccc(S(=O)(=O)N(C)C(C)C)cc2)NCC)CC1.I. The zero-order valence-corrected chi connectivity index (χ0v) is 22.7. The second kappa shape index (κ2) is 13.6. The highest BCUT2D eigenvalue weighted by molar-refractivity contribution is 14.0. The summed E-state index contributed by atoms with van der Waals surface area (Å²) in [6.07, 6.45) is 3.46. The number of halogens is 1. The van der Waals surface area contributed by atoms with Gasteiger partial charge in [-0.2, -0.15) is 4.31 Å². The highest BCUT2D eigenvalue weighted by Gasteiger charge is 2.23. The maximum Gasteiger partial charge on any atom is 0.243 e. The fraction of sp³-hybridized carbons (Fsp3) is 0.682. The van der Waals surface area contributed by atoms with Gasteiger partial charge in [0, 0.05) is 38.8 Å². The van der Waals surface area contributed by atoms with Crippen LogP contribution < -0.4 is 10.6 Å². The maximum atomic E-state index is 12.6. The Morgan fingerprint density at radius 3 is 2.32 bits per heavy atom. The summed E-state index contributed by atoms with van der Waals surface area (Å²) in [7, 11) is -1.84. The average Bonchev–Trinajstić information content (AvgIpc) is 2.73. The van der Waals surface area contributed by atoms with Gasteiger partial charge < -0.3 is 15.5 Å². The van der Waals surface area contributed by atoms with Crippen molar-refractivity contribution in [1.82, 2.24) is 19.8 Å².